The minimum atomic E-state index is -0.777. The Morgan fingerprint density at radius 3 is 2.17 bits per heavy atom. The molecule has 0 radical (unpaired) electrons. The Morgan fingerprint density at radius 2 is 1.78 bits per heavy atom. The molecule has 4 nitrogen and oxygen atoms in total. The normalized spacial score (nSPS) is 12.7. The number of hydrogen-bond donors (Lipinski definition) is 1. The zero-order valence-corrected chi connectivity index (χ0v) is 11.4. The lowest BCUT2D eigenvalue weighted by atomic mass is 9.97. The lowest BCUT2D eigenvalue weighted by Gasteiger charge is -2.20. The van der Waals surface area contributed by atoms with Gasteiger partial charge >= 0.3 is 5.97 Å². The second-order valence-electron chi connectivity index (χ2n) is 5.25. The average molecular weight is 251 g/mol. The van der Waals surface area contributed by atoms with Crippen LogP contribution in [0.25, 0.3) is 0 Å². The van der Waals surface area contributed by atoms with Crippen LogP contribution < -0.4 is 5.43 Å². The first-order valence-electron chi connectivity index (χ1n) is 6.22. The van der Waals surface area contributed by atoms with Crippen LogP contribution in [0.2, 0.25) is 0 Å². The van der Waals surface area contributed by atoms with Crippen molar-refractivity contribution in [3.8, 4) is 0 Å². The molecule has 0 aliphatic rings. The van der Waals surface area contributed by atoms with Crippen molar-refractivity contribution in [2.24, 2.45) is 11.8 Å². The van der Waals surface area contributed by atoms with Gasteiger partial charge in [-0.3, -0.25) is 9.59 Å². The number of aliphatic carboxylic acids is 1. The van der Waals surface area contributed by atoms with Gasteiger partial charge in [-0.1, -0.05) is 13.8 Å². The minimum absolute atomic E-state index is 0.0306. The van der Waals surface area contributed by atoms with Crippen molar-refractivity contribution in [1.29, 1.82) is 0 Å². The first kappa shape index (κ1) is 14.5. The molecule has 1 atom stereocenters. The van der Waals surface area contributed by atoms with Gasteiger partial charge in [0.05, 0.1) is 5.92 Å². The van der Waals surface area contributed by atoms with Crippen molar-refractivity contribution < 1.29 is 9.90 Å². The fourth-order valence-corrected chi connectivity index (χ4v) is 2.22. The van der Waals surface area contributed by atoms with Crippen LogP contribution in [0.4, 0.5) is 0 Å². The maximum atomic E-state index is 11.3. The molecule has 100 valence electrons. The highest BCUT2D eigenvalue weighted by atomic mass is 16.4. The van der Waals surface area contributed by atoms with E-state index in [1.807, 2.05) is 32.3 Å². The molecule has 1 unspecified atom stereocenters. The van der Waals surface area contributed by atoms with Crippen LogP contribution in [0.15, 0.2) is 16.9 Å². The molecule has 1 aromatic heterocycles. The number of carboxylic acid groups (broad SMARTS) is 1. The van der Waals surface area contributed by atoms with E-state index in [0.717, 1.165) is 11.4 Å². The Hall–Kier alpha value is -1.58. The summed E-state index contributed by atoms with van der Waals surface area (Å²) >= 11 is 0. The van der Waals surface area contributed by atoms with Gasteiger partial charge in [-0.2, -0.15) is 0 Å². The molecule has 0 saturated carbocycles. The number of carboxylic acids is 1. The van der Waals surface area contributed by atoms with E-state index in [1.165, 1.54) is 0 Å². The predicted octanol–water partition coefficient (Wildman–Crippen LogP) is 2.21. The van der Waals surface area contributed by atoms with E-state index in [4.69, 9.17) is 0 Å². The van der Waals surface area contributed by atoms with Crippen molar-refractivity contribution in [1.82, 2.24) is 4.57 Å². The Labute approximate surface area is 107 Å². The number of rotatable bonds is 5. The smallest absolute Gasteiger partial charge is 0.308 e. The highest BCUT2D eigenvalue weighted by Gasteiger charge is 2.20. The summed E-state index contributed by atoms with van der Waals surface area (Å²) in [4.78, 5) is 22.6. The summed E-state index contributed by atoms with van der Waals surface area (Å²) in [7, 11) is 0. The average Bonchev–Trinajstić information content (AvgIpc) is 2.20. The number of aromatic nitrogens is 1. The quantitative estimate of drug-likeness (QED) is 0.872. The van der Waals surface area contributed by atoms with Crippen molar-refractivity contribution in [3.63, 3.8) is 0 Å². The minimum Gasteiger partial charge on any atom is -0.481 e. The maximum absolute atomic E-state index is 11.3. The molecule has 0 aromatic carbocycles. The van der Waals surface area contributed by atoms with Crippen molar-refractivity contribution >= 4 is 5.97 Å². The van der Waals surface area contributed by atoms with Gasteiger partial charge in [-0.05, 0) is 26.2 Å². The van der Waals surface area contributed by atoms with Gasteiger partial charge in [0, 0.05) is 30.1 Å². The van der Waals surface area contributed by atoms with Gasteiger partial charge in [0.2, 0.25) is 0 Å². The predicted molar refractivity (Wildman–Crippen MR) is 70.8 cm³/mol. The molecule has 4 heteroatoms. The SMILES string of the molecule is Cc1cc(=O)cc(C)n1CC(CC(C)C)C(=O)O. The van der Waals surface area contributed by atoms with E-state index in [1.54, 1.807) is 12.1 Å². The summed E-state index contributed by atoms with van der Waals surface area (Å²) < 4.78 is 1.91. The Balaban J connectivity index is 3.01. The highest BCUT2D eigenvalue weighted by Crippen LogP contribution is 2.16. The van der Waals surface area contributed by atoms with Crippen LogP contribution in [-0.4, -0.2) is 15.6 Å². The van der Waals surface area contributed by atoms with E-state index in [2.05, 4.69) is 0 Å². The van der Waals surface area contributed by atoms with Crippen molar-refractivity contribution in [2.45, 2.75) is 40.7 Å². The fourth-order valence-electron chi connectivity index (χ4n) is 2.22. The number of hydrogen-bond acceptors (Lipinski definition) is 2. The molecule has 1 N–H and O–H groups in total. The van der Waals surface area contributed by atoms with E-state index in [0.29, 0.717) is 18.9 Å². The third-order valence-electron chi connectivity index (χ3n) is 3.06. The van der Waals surface area contributed by atoms with Crippen LogP contribution in [0, 0.1) is 25.7 Å². The molecule has 0 bridgehead atoms. The van der Waals surface area contributed by atoms with Gasteiger partial charge in [0.1, 0.15) is 0 Å². The highest BCUT2D eigenvalue weighted by molar-refractivity contribution is 5.69. The fraction of sp³-hybridized carbons (Fsp3) is 0.571. The van der Waals surface area contributed by atoms with Crippen LogP contribution in [-0.2, 0) is 11.3 Å². The Bertz CT molecular complexity index is 462. The second-order valence-corrected chi connectivity index (χ2v) is 5.25. The van der Waals surface area contributed by atoms with E-state index < -0.39 is 11.9 Å². The molecule has 1 heterocycles. The molecule has 0 aliphatic heterocycles. The molecule has 1 aromatic rings. The van der Waals surface area contributed by atoms with Crippen LogP contribution in [0.3, 0.4) is 0 Å². The summed E-state index contributed by atoms with van der Waals surface area (Å²) in [5.74, 6) is -0.850. The Morgan fingerprint density at radius 1 is 1.28 bits per heavy atom. The number of aryl methyl sites for hydroxylation is 2. The zero-order valence-electron chi connectivity index (χ0n) is 11.4. The largest absolute Gasteiger partial charge is 0.481 e. The zero-order chi connectivity index (χ0) is 13.9. The van der Waals surface area contributed by atoms with Gasteiger partial charge in [-0.25, -0.2) is 0 Å². The number of pyridine rings is 1. The number of nitrogens with zero attached hydrogens (tertiary/aromatic N) is 1. The van der Waals surface area contributed by atoms with Crippen LogP contribution in [0.1, 0.15) is 31.7 Å². The molecule has 1 rings (SSSR count). The van der Waals surface area contributed by atoms with Crippen LogP contribution in [0.5, 0.6) is 0 Å². The second kappa shape index (κ2) is 5.85. The molecule has 18 heavy (non-hydrogen) atoms. The third kappa shape index (κ3) is 3.72. The standard InChI is InChI=1S/C14H21NO3/c1-9(2)5-12(14(17)18)8-15-10(3)6-13(16)7-11(15)4/h6-7,9,12H,5,8H2,1-4H3,(H,17,18). The monoisotopic (exact) mass is 251 g/mol. The lowest BCUT2D eigenvalue weighted by molar-refractivity contribution is -0.142. The summed E-state index contributed by atoms with van der Waals surface area (Å²) in [6, 6.07) is 3.09. The van der Waals surface area contributed by atoms with Gasteiger partial charge in [0.25, 0.3) is 0 Å². The van der Waals surface area contributed by atoms with Gasteiger partial charge in [-0.15, -0.1) is 0 Å². The molecule has 0 aliphatic carbocycles. The lowest BCUT2D eigenvalue weighted by Crippen LogP contribution is -2.25. The van der Waals surface area contributed by atoms with E-state index in [9.17, 15) is 14.7 Å². The topological polar surface area (TPSA) is 59.3 Å². The molecule has 0 amide bonds. The van der Waals surface area contributed by atoms with Crippen LogP contribution >= 0.6 is 0 Å². The number of carbonyl (C=O) groups is 1. The summed E-state index contributed by atoms with van der Waals surface area (Å²) in [6.45, 7) is 8.12. The maximum Gasteiger partial charge on any atom is 0.308 e. The molecular weight excluding hydrogens is 230 g/mol. The molecule has 0 fully saturated rings. The third-order valence-corrected chi connectivity index (χ3v) is 3.06. The summed E-state index contributed by atoms with van der Waals surface area (Å²) in [6.07, 6.45) is 0.639. The molecular formula is C14H21NO3. The molecule has 0 spiro atoms. The van der Waals surface area contributed by atoms with Gasteiger partial charge in [0.15, 0.2) is 5.43 Å². The summed E-state index contributed by atoms with van der Waals surface area (Å²) in [5.41, 5.74) is 1.60. The van der Waals surface area contributed by atoms with E-state index in [-0.39, 0.29) is 5.43 Å². The van der Waals surface area contributed by atoms with Crippen molar-refractivity contribution in [2.75, 3.05) is 0 Å². The molecule has 0 saturated heterocycles. The Kier molecular flexibility index (Phi) is 4.70. The first-order valence-corrected chi connectivity index (χ1v) is 6.22. The van der Waals surface area contributed by atoms with Gasteiger partial charge < -0.3 is 9.67 Å². The van der Waals surface area contributed by atoms with E-state index >= 15 is 0 Å². The van der Waals surface area contributed by atoms with Crippen molar-refractivity contribution in [3.05, 3.63) is 33.7 Å². The summed E-state index contributed by atoms with van der Waals surface area (Å²) in [5, 5.41) is 9.24. The first-order chi connectivity index (χ1) is 8.31.